The second-order valence-electron chi connectivity index (χ2n) is 7.83. The summed E-state index contributed by atoms with van der Waals surface area (Å²) >= 11 is 7.47. The molecule has 1 aliphatic heterocycles. The van der Waals surface area contributed by atoms with Gasteiger partial charge in [0.25, 0.3) is 0 Å². The van der Waals surface area contributed by atoms with E-state index in [9.17, 15) is 19.1 Å². The van der Waals surface area contributed by atoms with Gasteiger partial charge in [0.15, 0.2) is 0 Å². The Kier molecular flexibility index (Phi) is 5.30. The third-order valence-electron chi connectivity index (χ3n) is 5.86. The van der Waals surface area contributed by atoms with Crippen molar-refractivity contribution in [2.24, 2.45) is 5.92 Å². The number of carbonyl (C=O) groups excluding carboxylic acids is 1. The van der Waals surface area contributed by atoms with Gasteiger partial charge in [-0.2, -0.15) is 5.10 Å². The van der Waals surface area contributed by atoms with E-state index in [4.69, 9.17) is 11.6 Å². The van der Waals surface area contributed by atoms with Gasteiger partial charge in [-0.25, -0.2) is 13.9 Å². The number of benzene rings is 2. The third kappa shape index (κ3) is 3.73. The minimum absolute atomic E-state index is 0.187. The summed E-state index contributed by atoms with van der Waals surface area (Å²) in [6, 6.07) is 13.9. The van der Waals surface area contributed by atoms with Crippen LogP contribution in [0.4, 0.5) is 14.9 Å². The van der Waals surface area contributed by atoms with Crippen LogP contribution in [-0.4, -0.2) is 32.9 Å². The summed E-state index contributed by atoms with van der Waals surface area (Å²) in [5.74, 6) is -1.08. The molecule has 1 aliphatic rings. The van der Waals surface area contributed by atoms with Gasteiger partial charge in [-0.3, -0.25) is 4.79 Å². The van der Waals surface area contributed by atoms with Crippen molar-refractivity contribution in [3.8, 4) is 5.69 Å². The molecule has 1 saturated heterocycles. The fourth-order valence-corrected chi connectivity index (χ4v) is 5.53. The molecule has 0 radical (unpaired) electrons. The number of thiophene rings is 1. The van der Waals surface area contributed by atoms with E-state index in [2.05, 4.69) is 10.4 Å². The molecule has 2 amide bonds. The lowest BCUT2D eigenvalue weighted by atomic mass is 9.99. The van der Waals surface area contributed by atoms with Crippen LogP contribution in [0.25, 0.3) is 16.6 Å². The number of hydrogen-bond donors (Lipinski definition) is 2. The summed E-state index contributed by atoms with van der Waals surface area (Å²) in [6.45, 7) is 1.72. The zero-order valence-corrected chi connectivity index (χ0v) is 18.8. The topological polar surface area (TPSA) is 87.5 Å². The molecule has 7 nitrogen and oxygen atoms in total. The van der Waals surface area contributed by atoms with Crippen molar-refractivity contribution < 1.29 is 19.1 Å². The van der Waals surface area contributed by atoms with Gasteiger partial charge in [-0.15, -0.1) is 11.3 Å². The van der Waals surface area contributed by atoms with Gasteiger partial charge >= 0.3 is 6.09 Å². The van der Waals surface area contributed by atoms with Crippen LogP contribution in [0.2, 0.25) is 4.34 Å². The summed E-state index contributed by atoms with van der Waals surface area (Å²) < 4.78 is 15.6. The highest BCUT2D eigenvalue weighted by Crippen LogP contribution is 2.43. The van der Waals surface area contributed by atoms with Crippen LogP contribution in [0, 0.1) is 11.7 Å². The highest BCUT2D eigenvalue weighted by Gasteiger charge is 2.48. The molecule has 3 atom stereocenters. The molecule has 1 fully saturated rings. The maximum atomic E-state index is 13.3. The molecular formula is C23H18ClFN4O3S. The predicted octanol–water partition coefficient (Wildman–Crippen LogP) is 5.24. The van der Waals surface area contributed by atoms with Crippen LogP contribution < -0.4 is 10.2 Å². The normalized spacial score (nSPS) is 20.5. The van der Waals surface area contributed by atoms with E-state index in [-0.39, 0.29) is 11.7 Å². The summed E-state index contributed by atoms with van der Waals surface area (Å²) in [4.78, 5) is 27.2. The largest absolute Gasteiger partial charge is 0.465 e. The van der Waals surface area contributed by atoms with Crippen molar-refractivity contribution in [3.05, 3.63) is 75.8 Å². The highest BCUT2D eigenvalue weighted by molar-refractivity contribution is 7.16. The van der Waals surface area contributed by atoms with Crippen molar-refractivity contribution in [1.82, 2.24) is 15.1 Å². The second-order valence-corrected chi connectivity index (χ2v) is 9.58. The van der Waals surface area contributed by atoms with E-state index >= 15 is 0 Å². The lowest BCUT2D eigenvalue weighted by molar-refractivity contribution is -0.120. The molecule has 2 aromatic heterocycles. The first-order valence-corrected chi connectivity index (χ1v) is 11.3. The number of fused-ring (bicyclic) bond motifs is 1. The molecule has 0 spiro atoms. The number of amides is 2. The minimum Gasteiger partial charge on any atom is -0.465 e. The average Bonchev–Trinajstić information content (AvgIpc) is 3.46. The first kappa shape index (κ1) is 21.4. The number of carboxylic acid groups (broad SMARTS) is 1. The average molecular weight is 485 g/mol. The summed E-state index contributed by atoms with van der Waals surface area (Å²) in [6.07, 6.45) is 0.487. The highest BCUT2D eigenvalue weighted by atomic mass is 35.5. The maximum absolute atomic E-state index is 13.3. The van der Waals surface area contributed by atoms with E-state index in [0.717, 1.165) is 15.8 Å². The molecule has 0 bridgehead atoms. The molecule has 168 valence electrons. The zero-order chi connectivity index (χ0) is 23.3. The van der Waals surface area contributed by atoms with E-state index in [1.165, 1.54) is 23.5 Å². The SMILES string of the molecule is CC1C(=O)N(c2ccc3c(cnn3-c3ccc(F)cc3)c2)C(c2ccc(Cl)s2)C1NC(=O)O. The van der Waals surface area contributed by atoms with Crippen LogP contribution in [0.3, 0.4) is 0 Å². The number of nitrogens with zero attached hydrogens (tertiary/aromatic N) is 3. The van der Waals surface area contributed by atoms with Gasteiger partial charge in [0, 0.05) is 16.0 Å². The van der Waals surface area contributed by atoms with Gasteiger partial charge in [0.1, 0.15) is 5.82 Å². The Morgan fingerprint density at radius 2 is 1.88 bits per heavy atom. The number of rotatable bonds is 4. The summed E-state index contributed by atoms with van der Waals surface area (Å²) in [5.41, 5.74) is 2.13. The molecule has 2 N–H and O–H groups in total. The number of nitrogens with one attached hydrogen (secondary N) is 1. The van der Waals surface area contributed by atoms with Crippen molar-refractivity contribution >= 4 is 51.5 Å². The lowest BCUT2D eigenvalue weighted by Gasteiger charge is -2.27. The monoisotopic (exact) mass is 484 g/mol. The van der Waals surface area contributed by atoms with Crippen LogP contribution >= 0.6 is 22.9 Å². The predicted molar refractivity (Wildman–Crippen MR) is 125 cm³/mol. The molecular weight excluding hydrogens is 467 g/mol. The molecule has 0 aliphatic carbocycles. The number of hydrogen-bond acceptors (Lipinski definition) is 4. The Morgan fingerprint density at radius 1 is 1.15 bits per heavy atom. The Bertz CT molecular complexity index is 1370. The number of aromatic nitrogens is 2. The molecule has 3 unspecified atom stereocenters. The fourth-order valence-electron chi connectivity index (χ4n) is 4.33. The zero-order valence-electron chi connectivity index (χ0n) is 17.3. The Morgan fingerprint density at radius 3 is 2.55 bits per heavy atom. The van der Waals surface area contributed by atoms with E-state index in [1.807, 2.05) is 18.2 Å². The van der Waals surface area contributed by atoms with E-state index < -0.39 is 24.1 Å². The molecule has 4 aromatic rings. The van der Waals surface area contributed by atoms with Crippen molar-refractivity contribution in [2.75, 3.05) is 4.90 Å². The van der Waals surface area contributed by atoms with Gasteiger partial charge in [-0.05, 0) is 54.6 Å². The lowest BCUT2D eigenvalue weighted by Crippen LogP contribution is -2.41. The minimum atomic E-state index is -1.19. The van der Waals surface area contributed by atoms with Gasteiger partial charge in [0.05, 0.1) is 39.7 Å². The standard InChI is InChI=1S/C23H18ClFN4O3S/c1-12-20(27-23(31)32)21(18-8-9-19(24)33-18)28(22(12)30)16-6-7-17-13(10-16)11-26-29(17)15-4-2-14(25)3-5-15/h2-12,20-21,27H,1H3,(H,31,32). The van der Waals surface area contributed by atoms with Crippen LogP contribution in [0.5, 0.6) is 0 Å². The first-order chi connectivity index (χ1) is 15.8. The molecule has 5 rings (SSSR count). The van der Waals surface area contributed by atoms with Gasteiger partial charge < -0.3 is 15.3 Å². The number of carbonyl (C=O) groups is 2. The molecule has 0 saturated carbocycles. The van der Waals surface area contributed by atoms with Crippen molar-refractivity contribution in [2.45, 2.75) is 19.0 Å². The fraction of sp³-hybridized carbons (Fsp3) is 0.174. The smallest absolute Gasteiger partial charge is 0.404 e. The Labute approximate surface area is 197 Å². The van der Waals surface area contributed by atoms with E-state index in [1.54, 1.807) is 47.0 Å². The molecule has 2 aromatic carbocycles. The molecule has 33 heavy (non-hydrogen) atoms. The first-order valence-electron chi connectivity index (χ1n) is 10.1. The van der Waals surface area contributed by atoms with Crippen molar-refractivity contribution in [1.29, 1.82) is 0 Å². The summed E-state index contributed by atoms with van der Waals surface area (Å²) in [5, 5.41) is 17.1. The maximum Gasteiger partial charge on any atom is 0.404 e. The van der Waals surface area contributed by atoms with Gasteiger partial charge in [0.2, 0.25) is 5.91 Å². The third-order valence-corrected chi connectivity index (χ3v) is 7.16. The quantitative estimate of drug-likeness (QED) is 0.414. The van der Waals surface area contributed by atoms with Crippen LogP contribution in [0.15, 0.2) is 60.8 Å². The second kappa shape index (κ2) is 8.17. The number of anilines is 1. The molecule has 10 heteroatoms. The number of halogens is 2. The van der Waals surface area contributed by atoms with Crippen molar-refractivity contribution in [3.63, 3.8) is 0 Å². The Balaban J connectivity index is 1.58. The summed E-state index contributed by atoms with van der Waals surface area (Å²) in [7, 11) is 0. The van der Waals surface area contributed by atoms with E-state index in [0.29, 0.717) is 15.7 Å². The Hall–Kier alpha value is -3.43. The van der Waals surface area contributed by atoms with Crippen LogP contribution in [-0.2, 0) is 4.79 Å². The van der Waals surface area contributed by atoms with Crippen LogP contribution in [0.1, 0.15) is 17.8 Å². The van der Waals surface area contributed by atoms with Gasteiger partial charge in [-0.1, -0.05) is 18.5 Å². The molecule has 3 heterocycles.